The molecule has 0 spiro atoms. The largest absolute Gasteiger partial charge is 0.368 e. The average molecular weight is 442 g/mol. The molecule has 0 unspecified atom stereocenters. The maximum atomic E-state index is 12.7. The number of piperazine rings is 1. The number of anilines is 1. The van der Waals surface area contributed by atoms with Crippen LogP contribution in [0.3, 0.4) is 0 Å². The molecule has 164 valence electrons. The van der Waals surface area contributed by atoms with Gasteiger partial charge in [-0.15, -0.1) is 11.8 Å². The lowest BCUT2D eigenvalue weighted by atomic mass is 10.0. The first-order valence-electron chi connectivity index (χ1n) is 10.9. The van der Waals surface area contributed by atoms with Gasteiger partial charge >= 0.3 is 0 Å². The van der Waals surface area contributed by atoms with Crippen LogP contribution in [0.15, 0.2) is 36.4 Å². The number of carbonyl (C=O) groups excluding carboxylic acids is 1. The molecule has 3 aliphatic rings. The zero-order valence-corrected chi connectivity index (χ0v) is 18.2. The first kappa shape index (κ1) is 20.5. The van der Waals surface area contributed by atoms with Crippen LogP contribution in [0.2, 0.25) is 0 Å². The number of amides is 1. The molecule has 0 saturated carbocycles. The molecule has 0 bridgehead atoms. The third kappa shape index (κ3) is 3.97. The number of nitro benzene ring substituents is 1. The second kappa shape index (κ2) is 8.64. The van der Waals surface area contributed by atoms with Gasteiger partial charge in [0.15, 0.2) is 0 Å². The molecule has 0 aliphatic carbocycles. The highest BCUT2D eigenvalue weighted by molar-refractivity contribution is 7.99. The van der Waals surface area contributed by atoms with Crippen molar-refractivity contribution in [2.45, 2.75) is 18.5 Å². The fourth-order valence-corrected chi connectivity index (χ4v) is 5.98. The Morgan fingerprint density at radius 3 is 2.55 bits per heavy atom. The zero-order valence-electron chi connectivity index (χ0n) is 17.4. The quantitative estimate of drug-likeness (QED) is 0.575. The van der Waals surface area contributed by atoms with Crippen LogP contribution in [0.1, 0.15) is 6.42 Å². The predicted molar refractivity (Wildman–Crippen MR) is 124 cm³/mol. The Morgan fingerprint density at radius 1 is 1.06 bits per heavy atom. The summed E-state index contributed by atoms with van der Waals surface area (Å²) in [5, 5.41) is 16.5. The van der Waals surface area contributed by atoms with Gasteiger partial charge in [0.1, 0.15) is 0 Å². The van der Waals surface area contributed by atoms with Crippen molar-refractivity contribution in [3.63, 3.8) is 0 Å². The SMILES string of the molecule is O=C([C@@H]1C[C@H](N2CCN(c3ccc([N+](=O)[O-])c4ccccc34)CC2)CN1)N1CCSC1. The first-order valence-corrected chi connectivity index (χ1v) is 12.0. The number of carbonyl (C=O) groups is 1. The molecule has 3 aliphatic heterocycles. The number of benzene rings is 2. The van der Waals surface area contributed by atoms with Gasteiger partial charge in [0.25, 0.3) is 5.69 Å². The Morgan fingerprint density at radius 2 is 1.84 bits per heavy atom. The van der Waals surface area contributed by atoms with E-state index in [2.05, 4.69) is 15.1 Å². The molecule has 2 atom stereocenters. The maximum Gasteiger partial charge on any atom is 0.277 e. The summed E-state index contributed by atoms with van der Waals surface area (Å²) >= 11 is 1.82. The normalized spacial score (nSPS) is 24.8. The summed E-state index contributed by atoms with van der Waals surface area (Å²) in [5.74, 6) is 2.12. The van der Waals surface area contributed by atoms with E-state index in [1.807, 2.05) is 47.0 Å². The van der Waals surface area contributed by atoms with Crippen molar-refractivity contribution in [2.75, 3.05) is 55.8 Å². The minimum absolute atomic E-state index is 0.0552. The lowest BCUT2D eigenvalue weighted by Gasteiger charge is -2.39. The molecular weight excluding hydrogens is 414 g/mol. The van der Waals surface area contributed by atoms with Gasteiger partial charge in [-0.2, -0.15) is 0 Å². The number of rotatable bonds is 4. The Labute approximate surface area is 185 Å². The molecule has 5 rings (SSSR count). The van der Waals surface area contributed by atoms with Crippen LogP contribution in [-0.2, 0) is 4.79 Å². The number of non-ortho nitro benzene ring substituents is 1. The molecule has 3 heterocycles. The topological polar surface area (TPSA) is 82.0 Å². The summed E-state index contributed by atoms with van der Waals surface area (Å²) in [5.41, 5.74) is 1.21. The van der Waals surface area contributed by atoms with E-state index in [1.165, 1.54) is 0 Å². The highest BCUT2D eigenvalue weighted by Crippen LogP contribution is 2.34. The Hall–Kier alpha value is -2.36. The van der Waals surface area contributed by atoms with E-state index < -0.39 is 0 Å². The van der Waals surface area contributed by atoms with Crippen molar-refractivity contribution >= 4 is 39.8 Å². The number of hydrogen-bond acceptors (Lipinski definition) is 7. The van der Waals surface area contributed by atoms with E-state index in [0.29, 0.717) is 11.4 Å². The summed E-state index contributed by atoms with van der Waals surface area (Å²) in [4.78, 5) is 30.6. The van der Waals surface area contributed by atoms with E-state index >= 15 is 0 Å². The lowest BCUT2D eigenvalue weighted by molar-refractivity contribution is -0.383. The van der Waals surface area contributed by atoms with Crippen molar-refractivity contribution in [1.82, 2.24) is 15.1 Å². The third-order valence-corrected chi connectivity index (χ3v) is 7.68. The molecule has 1 amide bonds. The minimum atomic E-state index is -0.310. The van der Waals surface area contributed by atoms with Crippen molar-refractivity contribution in [3.8, 4) is 0 Å². The second-order valence-corrected chi connectivity index (χ2v) is 9.49. The van der Waals surface area contributed by atoms with Crippen molar-refractivity contribution in [3.05, 3.63) is 46.5 Å². The summed E-state index contributed by atoms with van der Waals surface area (Å²) < 4.78 is 0. The van der Waals surface area contributed by atoms with Crippen molar-refractivity contribution in [1.29, 1.82) is 0 Å². The van der Waals surface area contributed by atoms with Crippen molar-refractivity contribution in [2.24, 2.45) is 0 Å². The van der Waals surface area contributed by atoms with Gasteiger partial charge < -0.3 is 15.1 Å². The summed E-state index contributed by atoms with van der Waals surface area (Å²) in [6.45, 7) is 5.34. The number of thioether (sulfide) groups is 1. The Balaban J connectivity index is 1.24. The van der Waals surface area contributed by atoms with E-state index in [0.717, 1.165) is 68.4 Å². The summed E-state index contributed by atoms with van der Waals surface area (Å²) in [6.07, 6.45) is 0.875. The molecule has 2 aromatic rings. The van der Waals surface area contributed by atoms with E-state index in [4.69, 9.17) is 0 Å². The lowest BCUT2D eigenvalue weighted by Crippen LogP contribution is -2.51. The molecule has 9 heteroatoms. The molecule has 2 aromatic carbocycles. The predicted octanol–water partition coefficient (Wildman–Crippen LogP) is 2.13. The molecule has 8 nitrogen and oxygen atoms in total. The van der Waals surface area contributed by atoms with Crippen LogP contribution in [-0.4, -0.2) is 83.6 Å². The smallest absolute Gasteiger partial charge is 0.277 e. The Kier molecular flexibility index (Phi) is 5.73. The molecule has 0 radical (unpaired) electrons. The highest BCUT2D eigenvalue weighted by atomic mass is 32.2. The highest BCUT2D eigenvalue weighted by Gasteiger charge is 2.36. The molecule has 3 saturated heterocycles. The van der Waals surface area contributed by atoms with Gasteiger partial charge in [-0.25, -0.2) is 0 Å². The van der Waals surface area contributed by atoms with E-state index in [9.17, 15) is 14.9 Å². The van der Waals surface area contributed by atoms with Crippen LogP contribution < -0.4 is 10.2 Å². The van der Waals surface area contributed by atoms with Crippen LogP contribution in [0.25, 0.3) is 10.8 Å². The summed E-state index contributed by atoms with van der Waals surface area (Å²) in [7, 11) is 0. The minimum Gasteiger partial charge on any atom is -0.368 e. The van der Waals surface area contributed by atoms with Gasteiger partial charge in [0.05, 0.1) is 22.2 Å². The molecule has 3 fully saturated rings. The number of hydrogen-bond donors (Lipinski definition) is 1. The fourth-order valence-electron chi connectivity index (χ4n) is 5.02. The zero-order chi connectivity index (χ0) is 21.4. The van der Waals surface area contributed by atoms with Gasteiger partial charge in [-0.3, -0.25) is 19.8 Å². The van der Waals surface area contributed by atoms with E-state index in [-0.39, 0.29) is 22.6 Å². The number of nitrogens with one attached hydrogen (secondary N) is 1. The monoisotopic (exact) mass is 441 g/mol. The van der Waals surface area contributed by atoms with E-state index in [1.54, 1.807) is 6.07 Å². The van der Waals surface area contributed by atoms with Gasteiger partial charge in [0.2, 0.25) is 5.91 Å². The number of nitrogens with zero attached hydrogens (tertiary/aromatic N) is 4. The summed E-state index contributed by atoms with van der Waals surface area (Å²) in [6, 6.07) is 11.4. The molecule has 31 heavy (non-hydrogen) atoms. The molecule has 1 N–H and O–H groups in total. The average Bonchev–Trinajstić information content (AvgIpc) is 3.50. The molecule has 0 aromatic heterocycles. The number of nitro groups is 1. The van der Waals surface area contributed by atoms with Gasteiger partial charge in [-0.1, -0.05) is 18.2 Å². The maximum absolute atomic E-state index is 12.7. The number of fused-ring (bicyclic) bond motifs is 1. The first-order chi connectivity index (χ1) is 15.1. The van der Waals surface area contributed by atoms with Crippen LogP contribution in [0.4, 0.5) is 11.4 Å². The third-order valence-electron chi connectivity index (χ3n) is 6.72. The van der Waals surface area contributed by atoms with Crippen molar-refractivity contribution < 1.29 is 9.72 Å². The fraction of sp³-hybridized carbons (Fsp3) is 0.500. The van der Waals surface area contributed by atoms with Crippen LogP contribution in [0.5, 0.6) is 0 Å². The van der Waals surface area contributed by atoms with Gasteiger partial charge in [-0.05, 0) is 18.6 Å². The standard InChI is InChI=1S/C22H27N5O3S/c28-22(26-11-12-31-15-26)19-13-16(14-23-19)24-7-9-25(10-8-24)20-5-6-21(27(29)30)18-4-2-1-3-17(18)20/h1-6,16,19,23H,7-15H2/t16-,19-/m0/s1. The second-order valence-electron chi connectivity index (χ2n) is 8.42. The molecular formula is C22H27N5O3S. The van der Waals surface area contributed by atoms with Gasteiger partial charge in [0, 0.05) is 68.2 Å². The van der Waals surface area contributed by atoms with Crippen LogP contribution >= 0.6 is 11.8 Å². The Bertz CT molecular complexity index is 988. The van der Waals surface area contributed by atoms with Crippen LogP contribution in [0, 0.1) is 10.1 Å².